The molecule has 2 fully saturated rings. The molecule has 2 aliphatic carbocycles. The lowest BCUT2D eigenvalue weighted by molar-refractivity contribution is -0.123. The summed E-state index contributed by atoms with van der Waals surface area (Å²) in [6, 6.07) is 0.0613. The summed E-state index contributed by atoms with van der Waals surface area (Å²) in [5.74, 6) is 0.878. The minimum absolute atomic E-state index is 0.0197. The molecule has 2 saturated carbocycles. The van der Waals surface area contributed by atoms with Crippen LogP contribution in [0.5, 0.6) is 0 Å². The number of carbonyl (C=O) groups is 1. The average Bonchev–Trinajstić information content (AvgIpc) is 2.44. The van der Waals surface area contributed by atoms with Gasteiger partial charge in [-0.15, -0.1) is 0 Å². The number of rotatable bonds is 1. The van der Waals surface area contributed by atoms with Crippen LogP contribution in [0.1, 0.15) is 19.3 Å². The number of nitrogens with two attached hydrogens (primary N) is 2. The van der Waals surface area contributed by atoms with Crippen molar-refractivity contribution in [2.24, 2.45) is 29.2 Å². The van der Waals surface area contributed by atoms with Gasteiger partial charge in [-0.25, -0.2) is 0 Å². The van der Waals surface area contributed by atoms with E-state index in [1.807, 2.05) is 0 Å². The summed E-state index contributed by atoms with van der Waals surface area (Å²) in [6.45, 7) is 0. The average molecular weight is 154 g/mol. The van der Waals surface area contributed by atoms with Crippen molar-refractivity contribution in [1.29, 1.82) is 0 Å². The van der Waals surface area contributed by atoms with Gasteiger partial charge < -0.3 is 11.5 Å². The number of fused-ring (bicyclic) bond motifs is 2. The summed E-state index contributed by atoms with van der Waals surface area (Å²) in [6.07, 6.45) is 3.50. The molecule has 4 atom stereocenters. The Labute approximate surface area is 66.1 Å². The summed E-state index contributed by atoms with van der Waals surface area (Å²) in [4.78, 5) is 10.9. The van der Waals surface area contributed by atoms with Gasteiger partial charge in [-0.05, 0) is 31.1 Å². The molecule has 0 aliphatic heterocycles. The monoisotopic (exact) mass is 154 g/mol. The molecule has 0 aromatic carbocycles. The van der Waals surface area contributed by atoms with Gasteiger partial charge >= 0.3 is 0 Å². The smallest absolute Gasteiger partial charge is 0.222 e. The molecule has 0 heterocycles. The highest BCUT2D eigenvalue weighted by Gasteiger charge is 2.48. The highest BCUT2D eigenvalue weighted by molar-refractivity contribution is 5.78. The van der Waals surface area contributed by atoms with Crippen molar-refractivity contribution in [1.82, 2.24) is 0 Å². The first kappa shape index (κ1) is 7.10. The molecule has 2 bridgehead atoms. The van der Waals surface area contributed by atoms with E-state index in [4.69, 9.17) is 11.5 Å². The van der Waals surface area contributed by atoms with E-state index >= 15 is 0 Å². The minimum Gasteiger partial charge on any atom is -0.369 e. The Bertz CT molecular complexity index is 191. The number of hydrogen-bond donors (Lipinski definition) is 2. The van der Waals surface area contributed by atoms with Gasteiger partial charge in [-0.2, -0.15) is 0 Å². The number of amides is 1. The third-order valence-electron chi connectivity index (χ3n) is 3.31. The van der Waals surface area contributed by atoms with Crippen LogP contribution in [0.25, 0.3) is 0 Å². The lowest BCUT2D eigenvalue weighted by Crippen LogP contribution is -2.43. The third kappa shape index (κ3) is 0.872. The van der Waals surface area contributed by atoms with Gasteiger partial charge in [0.2, 0.25) is 5.91 Å². The molecule has 3 nitrogen and oxygen atoms in total. The van der Waals surface area contributed by atoms with Crippen molar-refractivity contribution in [3.63, 3.8) is 0 Å². The van der Waals surface area contributed by atoms with Crippen LogP contribution in [-0.4, -0.2) is 11.9 Å². The van der Waals surface area contributed by atoms with Crippen molar-refractivity contribution < 1.29 is 4.79 Å². The Kier molecular flexibility index (Phi) is 1.42. The van der Waals surface area contributed by atoms with Crippen molar-refractivity contribution in [3.05, 3.63) is 0 Å². The maximum absolute atomic E-state index is 10.9. The quantitative estimate of drug-likeness (QED) is 0.551. The van der Waals surface area contributed by atoms with E-state index in [2.05, 4.69) is 0 Å². The summed E-state index contributed by atoms with van der Waals surface area (Å²) >= 11 is 0. The molecule has 0 aromatic rings. The second-order valence-electron chi connectivity index (χ2n) is 3.84. The van der Waals surface area contributed by atoms with E-state index < -0.39 is 0 Å². The molecule has 0 unspecified atom stereocenters. The topological polar surface area (TPSA) is 69.1 Å². The molecule has 0 saturated heterocycles. The Balaban J connectivity index is 2.17. The molecular weight excluding hydrogens is 140 g/mol. The van der Waals surface area contributed by atoms with Gasteiger partial charge in [0.15, 0.2) is 0 Å². The van der Waals surface area contributed by atoms with E-state index in [1.54, 1.807) is 0 Å². The van der Waals surface area contributed by atoms with Gasteiger partial charge in [-0.1, -0.05) is 0 Å². The minimum atomic E-state index is -0.190. The van der Waals surface area contributed by atoms with Crippen LogP contribution in [0.4, 0.5) is 0 Å². The standard InChI is InChI=1S/C8H14N2O/c9-7-5-2-1-4(3-5)6(7)8(10)11/h4-7H,1-3,9H2,(H2,10,11)/t4-,5-,6+,7-/m1/s1. The predicted molar refractivity (Wildman–Crippen MR) is 41.5 cm³/mol. The fourth-order valence-corrected chi connectivity index (χ4v) is 2.76. The van der Waals surface area contributed by atoms with Gasteiger partial charge in [0.1, 0.15) is 0 Å². The van der Waals surface area contributed by atoms with E-state index in [0.29, 0.717) is 11.8 Å². The van der Waals surface area contributed by atoms with Gasteiger partial charge in [0.25, 0.3) is 0 Å². The van der Waals surface area contributed by atoms with E-state index in [1.165, 1.54) is 6.42 Å². The fourth-order valence-electron chi connectivity index (χ4n) is 2.76. The van der Waals surface area contributed by atoms with Crippen molar-refractivity contribution in [3.8, 4) is 0 Å². The Hall–Kier alpha value is -0.570. The first-order valence-corrected chi connectivity index (χ1v) is 4.25. The van der Waals surface area contributed by atoms with Crippen LogP contribution >= 0.6 is 0 Å². The van der Waals surface area contributed by atoms with E-state index in [-0.39, 0.29) is 17.9 Å². The van der Waals surface area contributed by atoms with Crippen molar-refractivity contribution in [2.45, 2.75) is 25.3 Å². The molecule has 1 amide bonds. The Morgan fingerprint density at radius 2 is 1.91 bits per heavy atom. The van der Waals surface area contributed by atoms with Crippen molar-refractivity contribution in [2.75, 3.05) is 0 Å². The summed E-state index contributed by atoms with van der Waals surface area (Å²) in [5, 5.41) is 0. The molecule has 11 heavy (non-hydrogen) atoms. The molecule has 0 aromatic heterocycles. The lowest BCUT2D eigenvalue weighted by Gasteiger charge is -2.24. The molecule has 2 aliphatic rings. The van der Waals surface area contributed by atoms with Crippen molar-refractivity contribution >= 4 is 5.91 Å². The number of primary amides is 1. The maximum atomic E-state index is 10.9. The normalized spacial score (nSPS) is 48.1. The Morgan fingerprint density at radius 3 is 2.27 bits per heavy atom. The van der Waals surface area contributed by atoms with Gasteiger partial charge in [-0.3, -0.25) is 4.79 Å². The lowest BCUT2D eigenvalue weighted by atomic mass is 9.84. The first-order valence-electron chi connectivity index (χ1n) is 4.25. The predicted octanol–water partition coefficient (Wildman–Crippen LogP) is -0.155. The molecule has 0 spiro atoms. The summed E-state index contributed by atoms with van der Waals surface area (Å²) < 4.78 is 0. The highest BCUT2D eigenvalue weighted by Crippen LogP contribution is 2.47. The summed E-state index contributed by atoms with van der Waals surface area (Å²) in [5.41, 5.74) is 11.1. The molecule has 62 valence electrons. The summed E-state index contributed by atoms with van der Waals surface area (Å²) in [7, 11) is 0. The number of carbonyl (C=O) groups excluding carboxylic acids is 1. The number of hydrogen-bond acceptors (Lipinski definition) is 2. The van der Waals surface area contributed by atoms with Crippen LogP contribution in [-0.2, 0) is 4.79 Å². The van der Waals surface area contributed by atoms with Crippen LogP contribution in [0, 0.1) is 17.8 Å². The SMILES string of the molecule is NC(=O)[C@H]1[C@@H]2CC[C@H](C2)[C@H]1N. The van der Waals surface area contributed by atoms with Crippen LogP contribution < -0.4 is 11.5 Å². The third-order valence-corrected chi connectivity index (χ3v) is 3.31. The largest absolute Gasteiger partial charge is 0.369 e. The van der Waals surface area contributed by atoms with E-state index in [0.717, 1.165) is 12.8 Å². The molecule has 2 rings (SSSR count). The zero-order chi connectivity index (χ0) is 8.01. The zero-order valence-electron chi connectivity index (χ0n) is 6.49. The molecule has 4 N–H and O–H groups in total. The highest BCUT2D eigenvalue weighted by atomic mass is 16.1. The fraction of sp³-hybridized carbons (Fsp3) is 0.875. The maximum Gasteiger partial charge on any atom is 0.222 e. The zero-order valence-corrected chi connectivity index (χ0v) is 6.49. The molecular formula is C8H14N2O. The second-order valence-corrected chi connectivity index (χ2v) is 3.84. The van der Waals surface area contributed by atoms with Gasteiger partial charge in [0.05, 0.1) is 5.92 Å². The van der Waals surface area contributed by atoms with Crippen LogP contribution in [0.3, 0.4) is 0 Å². The van der Waals surface area contributed by atoms with Gasteiger partial charge in [0, 0.05) is 6.04 Å². The first-order chi connectivity index (χ1) is 5.20. The van der Waals surface area contributed by atoms with Crippen LogP contribution in [0.15, 0.2) is 0 Å². The molecule has 0 radical (unpaired) electrons. The van der Waals surface area contributed by atoms with Crippen LogP contribution in [0.2, 0.25) is 0 Å². The molecule has 3 heteroatoms. The second kappa shape index (κ2) is 2.21. The van der Waals surface area contributed by atoms with E-state index in [9.17, 15) is 4.79 Å². The Morgan fingerprint density at radius 1 is 1.27 bits per heavy atom.